The molecule has 0 spiro atoms. The minimum absolute atomic E-state index is 0.169. The molecule has 0 saturated carbocycles. The molecule has 2 N–H and O–H groups in total. The van der Waals surface area contributed by atoms with Crippen LogP contribution in [-0.4, -0.2) is 18.8 Å². The Morgan fingerprint density at radius 3 is 2.75 bits per heavy atom. The Hall–Kier alpha value is -0.380. The van der Waals surface area contributed by atoms with E-state index in [0.29, 0.717) is 0 Å². The summed E-state index contributed by atoms with van der Waals surface area (Å²) in [5.41, 5.74) is 6.19. The molecule has 16 heavy (non-hydrogen) atoms. The zero-order valence-corrected chi connectivity index (χ0v) is 11.1. The summed E-state index contributed by atoms with van der Waals surface area (Å²) >= 11 is 1.81. The minimum atomic E-state index is 0.169. The van der Waals surface area contributed by atoms with E-state index in [1.54, 1.807) is 11.3 Å². The van der Waals surface area contributed by atoms with E-state index in [-0.39, 0.29) is 12.1 Å². The lowest BCUT2D eigenvalue weighted by Gasteiger charge is -2.23. The van der Waals surface area contributed by atoms with E-state index in [9.17, 15) is 0 Å². The van der Waals surface area contributed by atoms with Crippen LogP contribution in [0.2, 0.25) is 0 Å². The first kappa shape index (κ1) is 13.7. The van der Waals surface area contributed by atoms with Gasteiger partial charge in [-0.1, -0.05) is 19.4 Å². The van der Waals surface area contributed by atoms with Crippen molar-refractivity contribution in [2.75, 3.05) is 6.61 Å². The normalized spacial score (nSPS) is 14.9. The number of hydrogen-bond donors (Lipinski definition) is 1. The molecule has 0 fully saturated rings. The highest BCUT2D eigenvalue weighted by atomic mass is 32.1. The molecule has 2 unspecified atom stereocenters. The summed E-state index contributed by atoms with van der Waals surface area (Å²) < 4.78 is 5.69. The number of aryl methyl sites for hydroxylation is 1. The van der Waals surface area contributed by atoms with Gasteiger partial charge in [-0.25, -0.2) is 0 Å². The number of ether oxygens (including phenoxy) is 1. The molecule has 0 aliphatic heterocycles. The van der Waals surface area contributed by atoms with Gasteiger partial charge in [-0.2, -0.15) is 0 Å². The molecular formula is C13H23NOS. The Kier molecular flexibility index (Phi) is 6.69. The standard InChI is InChI=1S/C13H23NOS/c1-3-6-13(15-4-2)12(14)9-8-11-7-5-10-16-11/h5,7,10,12-13H,3-4,6,8-9,14H2,1-2H3. The fourth-order valence-corrected chi connectivity index (χ4v) is 2.59. The maximum absolute atomic E-state index is 6.19. The van der Waals surface area contributed by atoms with Gasteiger partial charge in [0, 0.05) is 17.5 Å². The van der Waals surface area contributed by atoms with Crippen molar-refractivity contribution < 1.29 is 4.74 Å². The topological polar surface area (TPSA) is 35.2 Å². The van der Waals surface area contributed by atoms with Crippen molar-refractivity contribution in [2.45, 2.75) is 51.7 Å². The predicted molar refractivity (Wildman–Crippen MR) is 70.9 cm³/mol. The molecule has 1 aromatic heterocycles. The van der Waals surface area contributed by atoms with Gasteiger partial charge in [-0.05, 0) is 37.6 Å². The van der Waals surface area contributed by atoms with Gasteiger partial charge in [0.15, 0.2) is 0 Å². The number of rotatable bonds is 8. The van der Waals surface area contributed by atoms with Gasteiger partial charge in [-0.15, -0.1) is 11.3 Å². The van der Waals surface area contributed by atoms with Crippen LogP contribution in [0.15, 0.2) is 17.5 Å². The van der Waals surface area contributed by atoms with Crippen molar-refractivity contribution in [3.63, 3.8) is 0 Å². The second-order valence-corrected chi connectivity index (χ2v) is 5.10. The van der Waals surface area contributed by atoms with Gasteiger partial charge in [0.25, 0.3) is 0 Å². The highest BCUT2D eigenvalue weighted by Crippen LogP contribution is 2.15. The van der Waals surface area contributed by atoms with E-state index in [2.05, 4.69) is 24.4 Å². The lowest BCUT2D eigenvalue weighted by molar-refractivity contribution is 0.0360. The predicted octanol–water partition coefficient (Wildman–Crippen LogP) is 3.21. The Morgan fingerprint density at radius 1 is 1.38 bits per heavy atom. The van der Waals surface area contributed by atoms with Gasteiger partial charge in [0.1, 0.15) is 0 Å². The molecule has 2 nitrogen and oxygen atoms in total. The van der Waals surface area contributed by atoms with Crippen molar-refractivity contribution in [2.24, 2.45) is 5.73 Å². The van der Waals surface area contributed by atoms with Gasteiger partial charge >= 0.3 is 0 Å². The lowest BCUT2D eigenvalue weighted by atomic mass is 10.0. The second-order valence-electron chi connectivity index (χ2n) is 4.06. The van der Waals surface area contributed by atoms with Gasteiger partial charge in [0.2, 0.25) is 0 Å². The first-order chi connectivity index (χ1) is 7.77. The largest absolute Gasteiger partial charge is 0.377 e. The highest BCUT2D eigenvalue weighted by molar-refractivity contribution is 7.09. The molecule has 0 amide bonds. The van der Waals surface area contributed by atoms with Crippen molar-refractivity contribution in [1.82, 2.24) is 0 Å². The maximum atomic E-state index is 6.19. The molecule has 92 valence electrons. The van der Waals surface area contributed by atoms with E-state index in [1.165, 1.54) is 4.88 Å². The van der Waals surface area contributed by atoms with Crippen LogP contribution in [0.4, 0.5) is 0 Å². The summed E-state index contributed by atoms with van der Waals surface area (Å²) in [5, 5.41) is 2.12. The first-order valence-electron chi connectivity index (χ1n) is 6.17. The van der Waals surface area contributed by atoms with Crippen LogP contribution in [0.1, 0.15) is 38.0 Å². The molecule has 1 heterocycles. The monoisotopic (exact) mass is 241 g/mol. The average Bonchev–Trinajstić information content (AvgIpc) is 2.78. The summed E-state index contributed by atoms with van der Waals surface area (Å²) in [6, 6.07) is 4.44. The van der Waals surface area contributed by atoms with E-state index in [4.69, 9.17) is 10.5 Å². The molecule has 1 rings (SSSR count). The minimum Gasteiger partial charge on any atom is -0.377 e. The Balaban J connectivity index is 2.33. The molecular weight excluding hydrogens is 218 g/mol. The van der Waals surface area contributed by atoms with Crippen LogP contribution < -0.4 is 5.73 Å². The second kappa shape index (κ2) is 7.82. The van der Waals surface area contributed by atoms with Crippen LogP contribution in [0.3, 0.4) is 0 Å². The van der Waals surface area contributed by atoms with Crippen LogP contribution in [0.25, 0.3) is 0 Å². The average molecular weight is 241 g/mol. The molecule has 1 aromatic rings. The quantitative estimate of drug-likeness (QED) is 0.758. The summed E-state index contributed by atoms with van der Waals surface area (Å²) in [5.74, 6) is 0. The Bertz CT molecular complexity index is 255. The summed E-state index contributed by atoms with van der Waals surface area (Å²) in [4.78, 5) is 1.42. The smallest absolute Gasteiger partial charge is 0.0725 e. The molecule has 0 saturated heterocycles. The number of nitrogens with two attached hydrogens (primary N) is 1. The van der Waals surface area contributed by atoms with Gasteiger partial charge < -0.3 is 10.5 Å². The molecule has 0 bridgehead atoms. The fraction of sp³-hybridized carbons (Fsp3) is 0.692. The molecule has 0 aliphatic carbocycles. The SMILES string of the molecule is CCCC(OCC)C(N)CCc1cccs1. The third-order valence-corrected chi connectivity index (χ3v) is 3.67. The Labute approximate surface area is 103 Å². The van der Waals surface area contributed by atoms with Crippen LogP contribution >= 0.6 is 11.3 Å². The third-order valence-electron chi connectivity index (χ3n) is 2.74. The molecule has 0 aromatic carbocycles. The van der Waals surface area contributed by atoms with Crippen LogP contribution in [-0.2, 0) is 11.2 Å². The van der Waals surface area contributed by atoms with Gasteiger partial charge in [-0.3, -0.25) is 0 Å². The summed E-state index contributed by atoms with van der Waals surface area (Å²) in [7, 11) is 0. The number of thiophene rings is 1. The third kappa shape index (κ3) is 4.64. The van der Waals surface area contributed by atoms with E-state index < -0.39 is 0 Å². The molecule has 0 radical (unpaired) electrons. The lowest BCUT2D eigenvalue weighted by Crippen LogP contribution is -2.37. The molecule has 0 aliphatic rings. The Morgan fingerprint density at radius 2 is 2.19 bits per heavy atom. The van der Waals surface area contributed by atoms with Crippen molar-refractivity contribution in [3.05, 3.63) is 22.4 Å². The zero-order valence-electron chi connectivity index (χ0n) is 10.3. The van der Waals surface area contributed by atoms with Crippen molar-refractivity contribution in [1.29, 1.82) is 0 Å². The maximum Gasteiger partial charge on any atom is 0.0725 e. The summed E-state index contributed by atoms with van der Waals surface area (Å²) in [6.07, 6.45) is 4.53. The van der Waals surface area contributed by atoms with Crippen molar-refractivity contribution >= 4 is 11.3 Å². The highest BCUT2D eigenvalue weighted by Gasteiger charge is 2.16. The molecule has 3 heteroatoms. The van der Waals surface area contributed by atoms with E-state index in [1.807, 2.05) is 6.92 Å². The first-order valence-corrected chi connectivity index (χ1v) is 7.05. The summed E-state index contributed by atoms with van der Waals surface area (Å²) in [6.45, 7) is 4.98. The fourth-order valence-electron chi connectivity index (χ4n) is 1.87. The molecule has 2 atom stereocenters. The van der Waals surface area contributed by atoms with Crippen molar-refractivity contribution in [3.8, 4) is 0 Å². The zero-order chi connectivity index (χ0) is 11.8. The van der Waals surface area contributed by atoms with Crippen LogP contribution in [0.5, 0.6) is 0 Å². The van der Waals surface area contributed by atoms with Gasteiger partial charge in [0.05, 0.1) is 6.10 Å². The number of hydrogen-bond acceptors (Lipinski definition) is 3. The van der Waals surface area contributed by atoms with Crippen LogP contribution in [0, 0.1) is 0 Å². The van der Waals surface area contributed by atoms with E-state index >= 15 is 0 Å². The van der Waals surface area contributed by atoms with E-state index in [0.717, 1.165) is 32.3 Å².